The van der Waals surface area contributed by atoms with E-state index in [1.165, 1.54) is 17.5 Å². The van der Waals surface area contributed by atoms with Crippen LogP contribution in [0.5, 0.6) is 0 Å². The number of nitrogens with one attached hydrogen (secondary N) is 1. The number of nitrogens with zero attached hydrogens (tertiary/aromatic N) is 3. The Bertz CT molecular complexity index is 962. The number of para-hydroxylation sites is 1. The molecule has 0 aliphatic carbocycles. The fourth-order valence-electron chi connectivity index (χ4n) is 2.30. The second kappa shape index (κ2) is 6.21. The monoisotopic (exact) mass is 336 g/mol. The minimum absolute atomic E-state index is 0.253. The van der Waals surface area contributed by atoms with Crippen LogP contribution < -0.4 is 5.32 Å². The van der Waals surface area contributed by atoms with Gasteiger partial charge in [0.15, 0.2) is 5.69 Å². The first-order chi connectivity index (χ1) is 11.8. The Hall–Kier alpha value is -3.06. The number of carbonyl (C=O) groups excluding carboxylic acids is 1. The molecule has 0 atom stereocenters. The summed E-state index contributed by atoms with van der Waals surface area (Å²) in [4.78, 5) is 25.5. The average Bonchev–Trinajstić information content (AvgIpc) is 3.29. The molecular formula is C17H12N4O2S. The number of furan rings is 1. The first kappa shape index (κ1) is 14.5. The molecule has 3 aromatic heterocycles. The molecule has 118 valence electrons. The Morgan fingerprint density at radius 1 is 1.12 bits per heavy atom. The van der Waals surface area contributed by atoms with Gasteiger partial charge in [-0.2, -0.15) is 0 Å². The van der Waals surface area contributed by atoms with Gasteiger partial charge in [-0.1, -0.05) is 12.1 Å². The van der Waals surface area contributed by atoms with Crippen LogP contribution in [-0.2, 0) is 6.54 Å². The smallest absolute Gasteiger partial charge is 0.272 e. The molecule has 0 radical (unpaired) electrons. The second-order valence-electron chi connectivity index (χ2n) is 5.00. The lowest BCUT2D eigenvalue weighted by Crippen LogP contribution is -2.24. The first-order valence-electron chi connectivity index (χ1n) is 7.29. The number of hydrogen-bond acceptors (Lipinski definition) is 6. The summed E-state index contributed by atoms with van der Waals surface area (Å²) < 4.78 is 6.26. The van der Waals surface area contributed by atoms with Crippen LogP contribution in [0, 0.1) is 0 Å². The minimum atomic E-state index is -0.311. The fourth-order valence-corrected chi connectivity index (χ4v) is 3.26. The van der Waals surface area contributed by atoms with Crippen LogP contribution in [0.4, 0.5) is 0 Å². The van der Waals surface area contributed by atoms with Gasteiger partial charge in [-0.25, -0.2) is 15.0 Å². The van der Waals surface area contributed by atoms with Crippen molar-refractivity contribution in [2.45, 2.75) is 6.54 Å². The van der Waals surface area contributed by atoms with Gasteiger partial charge in [-0.3, -0.25) is 4.79 Å². The van der Waals surface area contributed by atoms with Crippen LogP contribution in [0.25, 0.3) is 20.9 Å². The van der Waals surface area contributed by atoms with E-state index in [4.69, 9.17) is 4.42 Å². The average molecular weight is 336 g/mol. The molecule has 0 aliphatic rings. The molecule has 24 heavy (non-hydrogen) atoms. The minimum Gasteiger partial charge on any atom is -0.467 e. The number of thiazole rings is 1. The molecule has 4 rings (SSSR count). The van der Waals surface area contributed by atoms with Crippen LogP contribution in [0.2, 0.25) is 0 Å². The van der Waals surface area contributed by atoms with Crippen molar-refractivity contribution in [2.75, 3.05) is 0 Å². The van der Waals surface area contributed by atoms with Gasteiger partial charge in [0.1, 0.15) is 16.5 Å². The van der Waals surface area contributed by atoms with Crippen LogP contribution >= 0.6 is 11.3 Å². The van der Waals surface area contributed by atoms with E-state index in [2.05, 4.69) is 20.3 Å². The van der Waals surface area contributed by atoms with E-state index in [1.54, 1.807) is 24.6 Å². The molecule has 1 amide bonds. The molecule has 1 N–H and O–H groups in total. The second-order valence-corrected chi connectivity index (χ2v) is 6.03. The van der Waals surface area contributed by atoms with Gasteiger partial charge < -0.3 is 9.73 Å². The maximum atomic E-state index is 12.5. The molecule has 4 aromatic rings. The third-order valence-corrected chi connectivity index (χ3v) is 4.46. The number of fused-ring (bicyclic) bond motifs is 1. The van der Waals surface area contributed by atoms with E-state index in [-0.39, 0.29) is 11.6 Å². The highest BCUT2D eigenvalue weighted by Gasteiger charge is 2.18. The van der Waals surface area contributed by atoms with Crippen molar-refractivity contribution in [3.8, 4) is 10.7 Å². The zero-order valence-electron chi connectivity index (χ0n) is 12.5. The first-order valence-corrected chi connectivity index (χ1v) is 8.10. The highest BCUT2D eigenvalue weighted by molar-refractivity contribution is 7.21. The number of rotatable bonds is 4. The summed E-state index contributed by atoms with van der Waals surface area (Å²) in [5.74, 6) is 0.363. The number of aromatic nitrogens is 3. The molecule has 0 bridgehead atoms. The molecule has 0 saturated heterocycles. The molecule has 0 aliphatic heterocycles. The lowest BCUT2D eigenvalue weighted by molar-refractivity contribution is 0.0943. The lowest BCUT2D eigenvalue weighted by atomic mass is 10.3. The largest absolute Gasteiger partial charge is 0.467 e. The van der Waals surface area contributed by atoms with Gasteiger partial charge in [0, 0.05) is 12.4 Å². The zero-order chi connectivity index (χ0) is 16.4. The highest BCUT2D eigenvalue weighted by Crippen LogP contribution is 2.29. The van der Waals surface area contributed by atoms with Crippen molar-refractivity contribution in [3.63, 3.8) is 0 Å². The zero-order valence-corrected chi connectivity index (χ0v) is 13.3. The number of hydrogen-bond donors (Lipinski definition) is 1. The number of carbonyl (C=O) groups is 1. The molecule has 0 unspecified atom stereocenters. The Kier molecular flexibility index (Phi) is 3.76. The molecular weight excluding hydrogens is 324 g/mol. The van der Waals surface area contributed by atoms with E-state index in [9.17, 15) is 4.79 Å². The highest BCUT2D eigenvalue weighted by atomic mass is 32.1. The maximum absolute atomic E-state index is 12.5. The van der Waals surface area contributed by atoms with E-state index >= 15 is 0 Å². The van der Waals surface area contributed by atoms with Gasteiger partial charge in [-0.05, 0) is 24.3 Å². The van der Waals surface area contributed by atoms with Gasteiger partial charge in [0.25, 0.3) is 5.91 Å². The van der Waals surface area contributed by atoms with Crippen molar-refractivity contribution in [1.29, 1.82) is 0 Å². The standard InChI is InChI=1S/C17H12N4O2S/c22-16(20-10-11-4-3-9-23-11)14-15(19-8-7-18-14)17-21-12-5-1-2-6-13(12)24-17/h1-9H,10H2,(H,20,22). The molecule has 1 aromatic carbocycles. The lowest BCUT2D eigenvalue weighted by Gasteiger charge is -2.05. The molecule has 0 fully saturated rings. The molecule has 3 heterocycles. The summed E-state index contributed by atoms with van der Waals surface area (Å²) in [5.41, 5.74) is 1.61. The van der Waals surface area contributed by atoms with Gasteiger partial charge in [0.05, 0.1) is 23.0 Å². The summed E-state index contributed by atoms with van der Waals surface area (Å²) in [6.07, 6.45) is 4.62. The van der Waals surface area contributed by atoms with Crippen molar-refractivity contribution in [1.82, 2.24) is 20.3 Å². The van der Waals surface area contributed by atoms with E-state index in [0.717, 1.165) is 10.2 Å². The van der Waals surface area contributed by atoms with Crippen LogP contribution in [-0.4, -0.2) is 20.9 Å². The predicted octanol–water partition coefficient (Wildman–Crippen LogP) is 3.28. The quantitative estimate of drug-likeness (QED) is 0.618. The topological polar surface area (TPSA) is 80.9 Å². The summed E-state index contributed by atoms with van der Waals surface area (Å²) in [5, 5.41) is 3.46. The van der Waals surface area contributed by atoms with E-state index < -0.39 is 0 Å². The maximum Gasteiger partial charge on any atom is 0.272 e. The fraction of sp³-hybridized carbons (Fsp3) is 0.0588. The van der Waals surface area contributed by atoms with E-state index in [1.807, 2.05) is 24.3 Å². The molecule has 6 nitrogen and oxygen atoms in total. The summed E-state index contributed by atoms with van der Waals surface area (Å²) in [6, 6.07) is 11.4. The van der Waals surface area contributed by atoms with E-state index in [0.29, 0.717) is 23.0 Å². The molecule has 7 heteroatoms. The molecule has 0 saturated carbocycles. The van der Waals surface area contributed by atoms with Gasteiger partial charge >= 0.3 is 0 Å². The Morgan fingerprint density at radius 3 is 2.83 bits per heavy atom. The van der Waals surface area contributed by atoms with Crippen molar-refractivity contribution < 1.29 is 9.21 Å². The van der Waals surface area contributed by atoms with Crippen LogP contribution in [0.15, 0.2) is 59.5 Å². The number of amides is 1. The number of benzene rings is 1. The third kappa shape index (κ3) is 2.77. The van der Waals surface area contributed by atoms with Gasteiger partial charge in [0.2, 0.25) is 0 Å². The van der Waals surface area contributed by atoms with Gasteiger partial charge in [-0.15, -0.1) is 11.3 Å². The third-order valence-electron chi connectivity index (χ3n) is 3.41. The van der Waals surface area contributed by atoms with Crippen molar-refractivity contribution in [3.05, 3.63) is 66.5 Å². The summed E-state index contributed by atoms with van der Waals surface area (Å²) in [6.45, 7) is 0.293. The summed E-state index contributed by atoms with van der Waals surface area (Å²) >= 11 is 1.49. The SMILES string of the molecule is O=C(NCc1ccco1)c1nccnc1-c1nc2ccccc2s1. The van der Waals surface area contributed by atoms with Crippen molar-refractivity contribution >= 4 is 27.5 Å². The predicted molar refractivity (Wildman–Crippen MR) is 90.5 cm³/mol. The Balaban J connectivity index is 1.65. The van der Waals surface area contributed by atoms with Crippen LogP contribution in [0.1, 0.15) is 16.2 Å². The molecule has 0 spiro atoms. The van der Waals surface area contributed by atoms with Crippen molar-refractivity contribution in [2.24, 2.45) is 0 Å². The Morgan fingerprint density at radius 2 is 2.00 bits per heavy atom. The summed E-state index contributed by atoms with van der Waals surface area (Å²) in [7, 11) is 0. The Labute approximate surface area is 141 Å². The normalized spacial score (nSPS) is 10.8. The van der Waals surface area contributed by atoms with Crippen LogP contribution in [0.3, 0.4) is 0 Å².